The summed E-state index contributed by atoms with van der Waals surface area (Å²) in [6.07, 6.45) is -3.59. The van der Waals surface area contributed by atoms with Crippen LogP contribution in [0.25, 0.3) is 11.0 Å². The van der Waals surface area contributed by atoms with Crippen molar-refractivity contribution in [3.63, 3.8) is 0 Å². The Morgan fingerprint density at radius 2 is 1.79 bits per heavy atom. The minimum atomic E-state index is -4.50. The van der Waals surface area contributed by atoms with Gasteiger partial charge in [0.1, 0.15) is 0 Å². The molecule has 0 saturated carbocycles. The number of alkyl halides is 3. The Morgan fingerprint density at radius 1 is 1.08 bits per heavy atom. The van der Waals surface area contributed by atoms with Gasteiger partial charge >= 0.3 is 6.18 Å². The standard InChI is InChI=1S/C17H11F3N2O2/c18-17(19,20)12-6-7-14-13(8-12)21-9-16(24)22(14)10-15(23)11-4-2-1-3-5-11/h1-9H,10H2. The zero-order chi connectivity index (χ0) is 17.3. The van der Waals surface area contributed by atoms with Crippen molar-refractivity contribution in [1.82, 2.24) is 9.55 Å². The van der Waals surface area contributed by atoms with Crippen molar-refractivity contribution >= 4 is 16.8 Å². The van der Waals surface area contributed by atoms with Crippen LogP contribution in [0.3, 0.4) is 0 Å². The van der Waals surface area contributed by atoms with E-state index in [0.29, 0.717) is 5.56 Å². The number of ketones is 1. The summed E-state index contributed by atoms with van der Waals surface area (Å²) in [7, 11) is 0. The first-order chi connectivity index (χ1) is 11.4. The van der Waals surface area contributed by atoms with E-state index in [-0.39, 0.29) is 23.4 Å². The van der Waals surface area contributed by atoms with Gasteiger partial charge in [0, 0.05) is 5.56 Å². The van der Waals surface area contributed by atoms with Crippen LogP contribution in [0.2, 0.25) is 0 Å². The van der Waals surface area contributed by atoms with Crippen LogP contribution in [0, 0.1) is 0 Å². The third-order valence-corrected chi connectivity index (χ3v) is 3.57. The molecule has 0 unspecified atom stereocenters. The summed E-state index contributed by atoms with van der Waals surface area (Å²) in [5.74, 6) is -0.315. The molecular weight excluding hydrogens is 321 g/mol. The van der Waals surface area contributed by atoms with E-state index in [4.69, 9.17) is 0 Å². The largest absolute Gasteiger partial charge is 0.416 e. The molecule has 0 N–H and O–H groups in total. The predicted molar refractivity (Wildman–Crippen MR) is 81.8 cm³/mol. The van der Waals surface area contributed by atoms with E-state index < -0.39 is 17.3 Å². The first kappa shape index (κ1) is 15.9. The molecule has 0 amide bonds. The van der Waals surface area contributed by atoms with Crippen molar-refractivity contribution in [2.45, 2.75) is 12.7 Å². The second-order valence-electron chi connectivity index (χ2n) is 5.17. The lowest BCUT2D eigenvalue weighted by Crippen LogP contribution is -2.25. The van der Waals surface area contributed by atoms with Gasteiger partial charge in [0.05, 0.1) is 29.3 Å². The summed E-state index contributed by atoms with van der Waals surface area (Å²) in [6, 6.07) is 11.2. The van der Waals surface area contributed by atoms with Crippen LogP contribution >= 0.6 is 0 Å². The van der Waals surface area contributed by atoms with Gasteiger partial charge in [-0.2, -0.15) is 13.2 Å². The van der Waals surface area contributed by atoms with Crippen molar-refractivity contribution in [1.29, 1.82) is 0 Å². The number of rotatable bonds is 3. The van der Waals surface area contributed by atoms with Gasteiger partial charge in [-0.15, -0.1) is 0 Å². The Hall–Kier alpha value is -2.96. The molecular formula is C17H11F3N2O2. The SMILES string of the molecule is O=C(Cn1c(=O)cnc2cc(C(F)(F)F)ccc21)c1ccccc1. The number of halogens is 3. The van der Waals surface area contributed by atoms with E-state index in [1.165, 1.54) is 0 Å². The number of Topliss-reactive ketones (excluding diaryl/α,β-unsaturated/α-hetero) is 1. The van der Waals surface area contributed by atoms with Crippen LogP contribution in [-0.4, -0.2) is 15.3 Å². The zero-order valence-corrected chi connectivity index (χ0v) is 12.2. The Morgan fingerprint density at radius 3 is 2.46 bits per heavy atom. The van der Waals surface area contributed by atoms with Gasteiger partial charge in [0.15, 0.2) is 5.78 Å². The fraction of sp³-hybridized carbons (Fsp3) is 0.118. The highest BCUT2D eigenvalue weighted by Crippen LogP contribution is 2.30. The van der Waals surface area contributed by atoms with E-state index in [0.717, 1.165) is 29.0 Å². The minimum Gasteiger partial charge on any atom is -0.298 e. The van der Waals surface area contributed by atoms with Crippen LogP contribution in [0.4, 0.5) is 13.2 Å². The summed E-state index contributed by atoms with van der Waals surface area (Å²) < 4.78 is 39.5. The van der Waals surface area contributed by atoms with Crippen LogP contribution < -0.4 is 5.56 Å². The molecule has 0 atom stereocenters. The molecule has 0 saturated heterocycles. The minimum absolute atomic E-state index is 0.00490. The maximum atomic E-state index is 12.8. The molecule has 1 aromatic heterocycles. The number of aromatic nitrogens is 2. The Labute approximate surface area is 134 Å². The average molecular weight is 332 g/mol. The molecule has 0 fully saturated rings. The lowest BCUT2D eigenvalue weighted by Gasteiger charge is -2.11. The molecule has 24 heavy (non-hydrogen) atoms. The highest BCUT2D eigenvalue weighted by atomic mass is 19.4. The van der Waals surface area contributed by atoms with E-state index >= 15 is 0 Å². The highest BCUT2D eigenvalue weighted by molar-refractivity contribution is 5.96. The number of carbonyl (C=O) groups excluding carboxylic acids is 1. The molecule has 122 valence electrons. The molecule has 4 nitrogen and oxygen atoms in total. The molecule has 3 aromatic rings. The molecule has 0 aliphatic carbocycles. The molecule has 0 aliphatic rings. The van der Waals surface area contributed by atoms with Crippen LogP contribution in [0.1, 0.15) is 15.9 Å². The van der Waals surface area contributed by atoms with Crippen molar-refractivity contribution in [2.24, 2.45) is 0 Å². The summed E-state index contributed by atoms with van der Waals surface area (Å²) in [4.78, 5) is 28.0. The fourth-order valence-corrected chi connectivity index (χ4v) is 2.37. The van der Waals surface area contributed by atoms with Gasteiger partial charge < -0.3 is 0 Å². The normalized spacial score (nSPS) is 11.6. The molecule has 0 bridgehead atoms. The maximum absolute atomic E-state index is 12.8. The molecule has 1 heterocycles. The first-order valence-corrected chi connectivity index (χ1v) is 7.01. The highest BCUT2D eigenvalue weighted by Gasteiger charge is 2.30. The monoisotopic (exact) mass is 332 g/mol. The fourth-order valence-electron chi connectivity index (χ4n) is 2.37. The Kier molecular flexibility index (Phi) is 3.92. The molecule has 0 spiro atoms. The third kappa shape index (κ3) is 3.05. The first-order valence-electron chi connectivity index (χ1n) is 7.01. The average Bonchev–Trinajstić information content (AvgIpc) is 2.57. The molecule has 0 aliphatic heterocycles. The zero-order valence-electron chi connectivity index (χ0n) is 12.2. The second-order valence-corrected chi connectivity index (χ2v) is 5.17. The number of hydrogen-bond acceptors (Lipinski definition) is 3. The lowest BCUT2D eigenvalue weighted by molar-refractivity contribution is -0.137. The second kappa shape index (κ2) is 5.92. The topological polar surface area (TPSA) is 52.0 Å². The Bertz CT molecular complexity index is 963. The van der Waals surface area contributed by atoms with Crippen LogP contribution in [0.15, 0.2) is 59.5 Å². The van der Waals surface area contributed by atoms with Crippen molar-refractivity contribution < 1.29 is 18.0 Å². The smallest absolute Gasteiger partial charge is 0.298 e. The quantitative estimate of drug-likeness (QED) is 0.692. The van der Waals surface area contributed by atoms with Gasteiger partial charge in [-0.05, 0) is 18.2 Å². The third-order valence-electron chi connectivity index (χ3n) is 3.57. The number of hydrogen-bond donors (Lipinski definition) is 0. The molecule has 7 heteroatoms. The van der Waals surface area contributed by atoms with Crippen molar-refractivity contribution in [3.8, 4) is 0 Å². The number of fused-ring (bicyclic) bond motifs is 1. The van der Waals surface area contributed by atoms with E-state index in [2.05, 4.69) is 4.98 Å². The molecule has 0 radical (unpaired) electrons. The number of benzene rings is 2. The van der Waals surface area contributed by atoms with Gasteiger partial charge in [0.2, 0.25) is 0 Å². The van der Waals surface area contributed by atoms with E-state index in [1.54, 1.807) is 30.3 Å². The molecule has 3 rings (SSSR count). The lowest BCUT2D eigenvalue weighted by atomic mass is 10.1. The van der Waals surface area contributed by atoms with Crippen molar-refractivity contribution in [3.05, 3.63) is 76.2 Å². The number of carbonyl (C=O) groups is 1. The van der Waals surface area contributed by atoms with Gasteiger partial charge in [-0.1, -0.05) is 30.3 Å². The van der Waals surface area contributed by atoms with E-state index in [1.807, 2.05) is 0 Å². The van der Waals surface area contributed by atoms with Gasteiger partial charge in [0.25, 0.3) is 5.56 Å². The summed E-state index contributed by atoms with van der Waals surface area (Å²) >= 11 is 0. The summed E-state index contributed by atoms with van der Waals surface area (Å²) in [5, 5.41) is 0. The van der Waals surface area contributed by atoms with Crippen LogP contribution in [0.5, 0.6) is 0 Å². The Balaban J connectivity index is 2.06. The van der Waals surface area contributed by atoms with E-state index in [9.17, 15) is 22.8 Å². The summed E-state index contributed by atoms with van der Waals surface area (Å²) in [5.41, 5.74) is -0.806. The van der Waals surface area contributed by atoms with Gasteiger partial charge in [-0.25, -0.2) is 4.98 Å². The van der Waals surface area contributed by atoms with Crippen LogP contribution in [-0.2, 0) is 12.7 Å². The number of nitrogens with zero attached hydrogens (tertiary/aromatic N) is 2. The van der Waals surface area contributed by atoms with Gasteiger partial charge in [-0.3, -0.25) is 14.2 Å². The van der Waals surface area contributed by atoms with Crippen molar-refractivity contribution in [2.75, 3.05) is 0 Å². The summed E-state index contributed by atoms with van der Waals surface area (Å²) in [6.45, 7) is -0.271. The predicted octanol–water partition coefficient (Wildman–Crippen LogP) is 3.30. The molecule has 2 aromatic carbocycles. The maximum Gasteiger partial charge on any atom is 0.416 e.